The van der Waals surface area contributed by atoms with Gasteiger partial charge in [-0.05, 0) is 57.5 Å². The highest BCUT2D eigenvalue weighted by atomic mass is 32.2. The minimum absolute atomic E-state index is 0. The van der Waals surface area contributed by atoms with Crippen molar-refractivity contribution in [2.24, 2.45) is 5.73 Å². The molecule has 1 atom stereocenters. The van der Waals surface area contributed by atoms with Gasteiger partial charge in [-0.15, -0.1) is 10.2 Å². The predicted molar refractivity (Wildman–Crippen MR) is 128 cm³/mol. The molecule has 2 aromatic carbocycles. The minimum Gasteiger partial charge on any atom is -0.415 e. The lowest BCUT2D eigenvalue weighted by Crippen LogP contribution is -2.13. The van der Waals surface area contributed by atoms with Crippen LogP contribution in [0.25, 0.3) is 34.3 Å². The van der Waals surface area contributed by atoms with Gasteiger partial charge in [0.25, 0.3) is 5.89 Å². The number of aromatic nitrogens is 4. The summed E-state index contributed by atoms with van der Waals surface area (Å²) in [6.07, 6.45) is 1.63. The van der Waals surface area contributed by atoms with Crippen molar-refractivity contribution in [1.29, 1.82) is 0 Å². The molecular formula is C24H27N5O3S. The highest BCUT2D eigenvalue weighted by Crippen LogP contribution is 2.28. The van der Waals surface area contributed by atoms with Crippen LogP contribution in [0.3, 0.4) is 0 Å². The van der Waals surface area contributed by atoms with E-state index in [4.69, 9.17) is 10.2 Å². The molecule has 8 nitrogen and oxygen atoms in total. The molecule has 0 aliphatic carbocycles. The predicted octanol–water partition coefficient (Wildman–Crippen LogP) is 4.62. The first-order valence-corrected chi connectivity index (χ1v) is 12.1. The van der Waals surface area contributed by atoms with Crippen LogP contribution in [0.5, 0.6) is 0 Å². The van der Waals surface area contributed by atoms with Gasteiger partial charge in [-0.3, -0.25) is 4.98 Å². The summed E-state index contributed by atoms with van der Waals surface area (Å²) in [4.78, 5) is 9.36. The Balaban J connectivity index is 0.00000324. The summed E-state index contributed by atoms with van der Waals surface area (Å²) in [6, 6.07) is 14.2. The van der Waals surface area contributed by atoms with Crippen LogP contribution in [-0.4, -0.2) is 33.8 Å². The highest BCUT2D eigenvalue weighted by molar-refractivity contribution is 7.92. The second-order valence-corrected chi connectivity index (χ2v) is 10.6. The van der Waals surface area contributed by atoms with E-state index in [1.54, 1.807) is 44.3 Å². The van der Waals surface area contributed by atoms with Crippen molar-refractivity contribution in [3.8, 4) is 34.3 Å². The normalized spacial score (nSPS) is 12.8. The number of hydrogen-bond acceptors (Lipinski definition) is 8. The molecule has 0 spiro atoms. The molecule has 0 saturated carbocycles. The fourth-order valence-corrected chi connectivity index (χ4v) is 4.30. The van der Waals surface area contributed by atoms with E-state index >= 15 is 0 Å². The zero-order valence-corrected chi connectivity index (χ0v) is 19.7. The standard InChI is InChI=1S/C24H25N5O3S.H2/c1-14(2)33(30,31)20-11-9-18(10-12-20)21-13-26-16(4)22(27-21)24-29-28-23(32-24)19-7-5-17(6-8-19)15(3)25;/h5-15H,25H2,1-4H3;1H/t15-;/m0./s1. The minimum atomic E-state index is -3.34. The van der Waals surface area contributed by atoms with Crippen molar-refractivity contribution < 1.29 is 14.3 Å². The van der Waals surface area contributed by atoms with E-state index in [0.717, 1.165) is 16.7 Å². The number of nitrogens with two attached hydrogens (primary N) is 1. The number of hydrogen-bond donors (Lipinski definition) is 1. The number of aryl methyl sites for hydroxylation is 1. The summed E-state index contributed by atoms with van der Waals surface area (Å²) in [7, 11) is -3.34. The Bertz CT molecular complexity index is 1380. The highest BCUT2D eigenvalue weighted by Gasteiger charge is 2.20. The van der Waals surface area contributed by atoms with Crippen LogP contribution in [0, 0.1) is 6.92 Å². The van der Waals surface area contributed by atoms with E-state index in [0.29, 0.717) is 23.0 Å². The largest absolute Gasteiger partial charge is 0.415 e. The van der Waals surface area contributed by atoms with Gasteiger partial charge in [-0.1, -0.05) is 24.3 Å². The van der Waals surface area contributed by atoms with E-state index in [1.807, 2.05) is 38.1 Å². The molecule has 0 aliphatic heterocycles. The molecular weight excluding hydrogens is 438 g/mol. The van der Waals surface area contributed by atoms with E-state index in [-0.39, 0.29) is 18.3 Å². The third-order valence-corrected chi connectivity index (χ3v) is 7.54. The lowest BCUT2D eigenvalue weighted by atomic mass is 10.1. The Labute approximate surface area is 194 Å². The molecule has 4 rings (SSSR count). The molecule has 2 aromatic heterocycles. The van der Waals surface area contributed by atoms with Crippen LogP contribution in [-0.2, 0) is 9.84 Å². The zero-order chi connectivity index (χ0) is 23.8. The lowest BCUT2D eigenvalue weighted by Gasteiger charge is -2.09. The second-order valence-electron chi connectivity index (χ2n) is 8.13. The Morgan fingerprint density at radius 3 is 2.12 bits per heavy atom. The van der Waals surface area contributed by atoms with Crippen molar-refractivity contribution in [1.82, 2.24) is 20.2 Å². The Morgan fingerprint density at radius 2 is 1.52 bits per heavy atom. The summed E-state index contributed by atoms with van der Waals surface area (Å²) < 4.78 is 30.6. The van der Waals surface area contributed by atoms with Crippen molar-refractivity contribution in [2.75, 3.05) is 0 Å². The van der Waals surface area contributed by atoms with E-state index in [2.05, 4.69) is 20.2 Å². The summed E-state index contributed by atoms with van der Waals surface area (Å²) in [5.74, 6) is 0.628. The molecule has 2 N–H and O–H groups in total. The molecule has 4 aromatic rings. The van der Waals surface area contributed by atoms with Crippen LogP contribution in [0.2, 0.25) is 0 Å². The smallest absolute Gasteiger partial charge is 0.268 e. The van der Waals surface area contributed by atoms with Gasteiger partial charge in [0.15, 0.2) is 9.84 Å². The van der Waals surface area contributed by atoms with Crippen LogP contribution in [0.1, 0.15) is 39.5 Å². The molecule has 0 radical (unpaired) electrons. The van der Waals surface area contributed by atoms with Crippen LogP contribution in [0.15, 0.2) is 64.0 Å². The van der Waals surface area contributed by atoms with Crippen molar-refractivity contribution in [3.63, 3.8) is 0 Å². The summed E-state index contributed by atoms with van der Waals surface area (Å²) in [5.41, 5.74) is 10.1. The first kappa shape index (κ1) is 22.8. The summed E-state index contributed by atoms with van der Waals surface area (Å²) >= 11 is 0. The molecule has 2 heterocycles. The van der Waals surface area contributed by atoms with Gasteiger partial charge in [-0.2, -0.15) is 0 Å². The molecule has 172 valence electrons. The maximum Gasteiger partial charge on any atom is 0.268 e. The first-order chi connectivity index (χ1) is 15.7. The van der Waals surface area contributed by atoms with Crippen LogP contribution >= 0.6 is 0 Å². The molecule has 0 bridgehead atoms. The van der Waals surface area contributed by atoms with Crippen LogP contribution < -0.4 is 5.73 Å². The Morgan fingerprint density at radius 1 is 0.909 bits per heavy atom. The van der Waals surface area contributed by atoms with E-state index < -0.39 is 15.1 Å². The summed E-state index contributed by atoms with van der Waals surface area (Å²) in [5, 5.41) is 7.82. The van der Waals surface area contributed by atoms with E-state index in [1.165, 1.54) is 0 Å². The third kappa shape index (κ3) is 4.55. The Hall–Kier alpha value is -3.43. The average Bonchev–Trinajstić information content (AvgIpc) is 3.29. The topological polar surface area (TPSA) is 125 Å². The molecule has 0 aliphatic rings. The monoisotopic (exact) mass is 465 g/mol. The van der Waals surface area contributed by atoms with Gasteiger partial charge in [-0.25, -0.2) is 13.4 Å². The maximum atomic E-state index is 12.4. The molecule has 0 amide bonds. The van der Waals surface area contributed by atoms with Gasteiger partial charge in [0.1, 0.15) is 5.69 Å². The Kier molecular flexibility index (Phi) is 6.09. The first-order valence-electron chi connectivity index (χ1n) is 10.5. The molecule has 0 unspecified atom stereocenters. The van der Waals surface area contributed by atoms with Gasteiger partial charge < -0.3 is 10.2 Å². The van der Waals surface area contributed by atoms with Gasteiger partial charge >= 0.3 is 0 Å². The van der Waals surface area contributed by atoms with Crippen molar-refractivity contribution in [2.45, 2.75) is 43.9 Å². The number of nitrogens with zero attached hydrogens (tertiary/aromatic N) is 4. The summed E-state index contributed by atoms with van der Waals surface area (Å²) in [6.45, 7) is 7.05. The zero-order valence-electron chi connectivity index (χ0n) is 18.9. The number of benzene rings is 2. The fourth-order valence-electron chi connectivity index (χ4n) is 3.24. The van der Waals surface area contributed by atoms with Gasteiger partial charge in [0.05, 0.1) is 27.7 Å². The lowest BCUT2D eigenvalue weighted by molar-refractivity contribution is 0.581. The van der Waals surface area contributed by atoms with Gasteiger partial charge in [0.2, 0.25) is 5.89 Å². The fraction of sp³-hybridized carbons (Fsp3) is 0.250. The molecule has 33 heavy (non-hydrogen) atoms. The third-order valence-electron chi connectivity index (χ3n) is 5.37. The van der Waals surface area contributed by atoms with Crippen molar-refractivity contribution in [3.05, 3.63) is 66.0 Å². The second kappa shape index (κ2) is 8.84. The van der Waals surface area contributed by atoms with Crippen molar-refractivity contribution >= 4 is 9.84 Å². The number of sulfone groups is 1. The van der Waals surface area contributed by atoms with Gasteiger partial charge in [0, 0.05) is 18.6 Å². The number of rotatable bonds is 6. The molecule has 0 saturated heterocycles. The van der Waals surface area contributed by atoms with Crippen LogP contribution in [0.4, 0.5) is 0 Å². The molecule has 0 fully saturated rings. The SMILES string of the molecule is Cc1ncc(-c2ccc(S(=O)(=O)C(C)C)cc2)nc1-c1nnc(-c2ccc([C@H](C)N)cc2)o1.[HH]. The van der Waals surface area contributed by atoms with E-state index in [9.17, 15) is 8.42 Å². The average molecular weight is 466 g/mol. The quantitative estimate of drug-likeness (QED) is 0.437. The molecule has 9 heteroatoms. The maximum absolute atomic E-state index is 12.4.